The van der Waals surface area contributed by atoms with E-state index in [1.807, 2.05) is 6.92 Å². The van der Waals surface area contributed by atoms with E-state index in [0.717, 1.165) is 6.42 Å². The first-order chi connectivity index (χ1) is 25.8. The molecular weight excluding hydrogens is 726 g/mol. The first-order valence-electron chi connectivity index (χ1n) is 17.4. The predicted molar refractivity (Wildman–Crippen MR) is 181 cm³/mol. The van der Waals surface area contributed by atoms with Gasteiger partial charge >= 0.3 is 0 Å². The molecule has 312 valence electrons. The van der Waals surface area contributed by atoms with Gasteiger partial charge in [0.05, 0.1) is 72.3 Å². The SMILES string of the molecule is CCCOCCC(=O)N(O)COCC(=O)NCCOCCN(O)C(=O)CCC(=O)NCCOCCN(O)C(=O)CCC(=O)NCCOCCN(O)C(C)=O. The molecule has 7 N–H and O–H groups in total. The lowest BCUT2D eigenvalue weighted by atomic mass is 10.2. The fourth-order valence-corrected chi connectivity index (χ4v) is 3.71. The van der Waals surface area contributed by atoms with Crippen LogP contribution < -0.4 is 16.0 Å². The van der Waals surface area contributed by atoms with Gasteiger partial charge in [-0.05, 0) is 6.42 Å². The molecule has 0 rings (SSSR count). The van der Waals surface area contributed by atoms with Crippen molar-refractivity contribution >= 4 is 41.4 Å². The Kier molecular flexibility index (Phi) is 29.9. The molecule has 0 saturated carbocycles. The molecule has 0 spiro atoms. The maximum atomic E-state index is 12.1. The molecule has 23 nitrogen and oxygen atoms in total. The van der Waals surface area contributed by atoms with Gasteiger partial charge in [-0.3, -0.25) is 54.4 Å². The van der Waals surface area contributed by atoms with Gasteiger partial charge in [-0.25, -0.2) is 15.2 Å². The highest BCUT2D eigenvalue weighted by Crippen LogP contribution is 1.98. The molecule has 0 saturated heterocycles. The third-order valence-corrected chi connectivity index (χ3v) is 6.66. The van der Waals surface area contributed by atoms with Gasteiger partial charge in [0.2, 0.25) is 41.4 Å². The van der Waals surface area contributed by atoms with Crippen LogP contribution in [-0.2, 0) is 57.2 Å². The van der Waals surface area contributed by atoms with Crippen LogP contribution in [0.1, 0.15) is 52.4 Å². The Hall–Kier alpha value is -4.07. The lowest BCUT2D eigenvalue weighted by Crippen LogP contribution is -2.35. The van der Waals surface area contributed by atoms with Crippen molar-refractivity contribution in [1.82, 2.24) is 36.2 Å². The summed E-state index contributed by atoms with van der Waals surface area (Å²) >= 11 is 0. The van der Waals surface area contributed by atoms with E-state index in [-0.39, 0.29) is 118 Å². The molecule has 0 aliphatic heterocycles. The van der Waals surface area contributed by atoms with Gasteiger partial charge in [-0.2, -0.15) is 5.06 Å². The summed E-state index contributed by atoms with van der Waals surface area (Å²) in [6.07, 6.45) is -0.122. The average molecular weight is 784 g/mol. The van der Waals surface area contributed by atoms with Crippen LogP contribution >= 0.6 is 0 Å². The van der Waals surface area contributed by atoms with Crippen LogP contribution in [0.3, 0.4) is 0 Å². The summed E-state index contributed by atoms with van der Waals surface area (Å²) in [5, 5.41) is 47.7. The second-order valence-corrected chi connectivity index (χ2v) is 11.2. The van der Waals surface area contributed by atoms with Crippen molar-refractivity contribution < 1.29 is 78.1 Å². The lowest BCUT2D eigenvalue weighted by Gasteiger charge is -2.16. The molecule has 7 amide bonds. The molecule has 0 unspecified atom stereocenters. The monoisotopic (exact) mass is 783 g/mol. The van der Waals surface area contributed by atoms with Crippen molar-refractivity contribution in [2.45, 2.75) is 52.4 Å². The van der Waals surface area contributed by atoms with E-state index in [0.29, 0.717) is 26.9 Å². The van der Waals surface area contributed by atoms with Gasteiger partial charge in [0.25, 0.3) is 0 Å². The average Bonchev–Trinajstić information content (AvgIpc) is 3.14. The van der Waals surface area contributed by atoms with Crippen LogP contribution in [0.5, 0.6) is 0 Å². The van der Waals surface area contributed by atoms with E-state index in [4.69, 9.17) is 23.7 Å². The van der Waals surface area contributed by atoms with E-state index in [9.17, 15) is 54.4 Å². The minimum absolute atomic E-state index is 0.0147. The van der Waals surface area contributed by atoms with Crippen LogP contribution in [0.15, 0.2) is 0 Å². The number of nitrogens with one attached hydrogen (secondary N) is 3. The van der Waals surface area contributed by atoms with E-state index in [1.165, 1.54) is 6.92 Å². The fourth-order valence-electron chi connectivity index (χ4n) is 3.71. The molecule has 0 radical (unpaired) electrons. The largest absolute Gasteiger partial charge is 0.381 e. The van der Waals surface area contributed by atoms with Crippen molar-refractivity contribution in [2.75, 3.05) is 105 Å². The predicted octanol–water partition coefficient (Wildman–Crippen LogP) is -2.37. The molecule has 0 aliphatic carbocycles. The number of amides is 7. The van der Waals surface area contributed by atoms with Crippen LogP contribution in [0.2, 0.25) is 0 Å². The first kappa shape index (κ1) is 49.9. The van der Waals surface area contributed by atoms with Crippen molar-refractivity contribution in [2.24, 2.45) is 0 Å². The number of ether oxygens (including phenoxy) is 5. The Bertz CT molecular complexity index is 1120. The zero-order chi connectivity index (χ0) is 40.6. The third-order valence-electron chi connectivity index (χ3n) is 6.66. The highest BCUT2D eigenvalue weighted by molar-refractivity contribution is 5.84. The summed E-state index contributed by atoms with van der Waals surface area (Å²) in [7, 11) is 0. The zero-order valence-corrected chi connectivity index (χ0v) is 31.0. The Morgan fingerprint density at radius 3 is 1.31 bits per heavy atom. The van der Waals surface area contributed by atoms with Crippen molar-refractivity contribution in [3.8, 4) is 0 Å². The molecule has 0 aromatic rings. The number of hydrogen-bond donors (Lipinski definition) is 7. The summed E-state index contributed by atoms with van der Waals surface area (Å²) in [6.45, 7) is 3.05. The summed E-state index contributed by atoms with van der Waals surface area (Å²) in [5.41, 5.74) is 0. The molecule has 0 aliphatic rings. The number of hydrogen-bond acceptors (Lipinski definition) is 16. The number of hydroxylamine groups is 8. The molecule has 0 atom stereocenters. The Labute approximate surface area is 313 Å². The Morgan fingerprint density at radius 1 is 0.463 bits per heavy atom. The normalized spacial score (nSPS) is 10.7. The number of carbonyl (C=O) groups excluding carboxylic acids is 7. The molecule has 0 aromatic carbocycles. The summed E-state index contributed by atoms with van der Waals surface area (Å²) in [6, 6.07) is 0. The van der Waals surface area contributed by atoms with Gasteiger partial charge in [0.15, 0.2) is 0 Å². The molecule has 0 bridgehead atoms. The van der Waals surface area contributed by atoms with Gasteiger partial charge in [-0.1, -0.05) is 6.92 Å². The molecule has 0 heterocycles. The van der Waals surface area contributed by atoms with Crippen LogP contribution in [0.4, 0.5) is 0 Å². The van der Waals surface area contributed by atoms with Crippen LogP contribution in [0.25, 0.3) is 0 Å². The first-order valence-corrected chi connectivity index (χ1v) is 17.4. The van der Waals surface area contributed by atoms with E-state index >= 15 is 0 Å². The molecule has 0 fully saturated rings. The third kappa shape index (κ3) is 28.4. The molecule has 54 heavy (non-hydrogen) atoms. The summed E-state index contributed by atoms with van der Waals surface area (Å²) in [4.78, 5) is 82.2. The summed E-state index contributed by atoms with van der Waals surface area (Å²) in [5.74, 6) is -3.96. The maximum absolute atomic E-state index is 12.1. The topological polar surface area (TPSA) is 296 Å². The zero-order valence-electron chi connectivity index (χ0n) is 31.0. The molecule has 23 heteroatoms. The smallest absolute Gasteiger partial charge is 0.250 e. The van der Waals surface area contributed by atoms with E-state index < -0.39 is 54.7 Å². The highest BCUT2D eigenvalue weighted by atomic mass is 16.6. The standard InChI is InChI=1S/C31H57N7O16/c1-3-15-50-16-8-31(45)38(49)24-54-23-28(42)34-11-19-53-22-14-37(48)30(44)7-5-27(41)33-10-18-52-21-13-36(47)29(43)6-4-26(40)32-9-17-51-20-12-35(46)25(2)39/h46-49H,3-24H2,1-2H3,(H,32,40)(H,33,41)(H,34,42). The number of nitrogens with zero attached hydrogens (tertiary/aromatic N) is 4. The Morgan fingerprint density at radius 2 is 0.870 bits per heavy atom. The van der Waals surface area contributed by atoms with Crippen molar-refractivity contribution in [3.05, 3.63) is 0 Å². The van der Waals surface area contributed by atoms with Gasteiger partial charge in [0.1, 0.15) is 13.3 Å². The van der Waals surface area contributed by atoms with Crippen LogP contribution in [-0.4, -0.2) is 188 Å². The minimum Gasteiger partial charge on any atom is -0.381 e. The second kappa shape index (κ2) is 32.4. The fraction of sp³-hybridized carbons (Fsp3) is 0.774. The molecular formula is C31H57N7O16. The second-order valence-electron chi connectivity index (χ2n) is 11.2. The lowest BCUT2D eigenvalue weighted by molar-refractivity contribution is -0.189. The highest BCUT2D eigenvalue weighted by Gasteiger charge is 2.15. The van der Waals surface area contributed by atoms with E-state index in [2.05, 4.69) is 16.0 Å². The van der Waals surface area contributed by atoms with Crippen molar-refractivity contribution in [3.63, 3.8) is 0 Å². The minimum atomic E-state index is -0.711. The quantitative estimate of drug-likeness (QED) is 0.0158. The van der Waals surface area contributed by atoms with Gasteiger partial charge in [0, 0.05) is 58.8 Å². The number of rotatable bonds is 33. The van der Waals surface area contributed by atoms with Gasteiger partial charge < -0.3 is 39.6 Å². The van der Waals surface area contributed by atoms with E-state index in [1.54, 1.807) is 0 Å². The van der Waals surface area contributed by atoms with Crippen molar-refractivity contribution in [1.29, 1.82) is 0 Å². The Balaban J connectivity index is 3.80. The number of carbonyl (C=O) groups is 7. The summed E-state index contributed by atoms with van der Waals surface area (Å²) < 4.78 is 25.8. The van der Waals surface area contributed by atoms with Gasteiger partial charge in [-0.15, -0.1) is 0 Å². The molecule has 0 aromatic heterocycles. The van der Waals surface area contributed by atoms with Crippen LogP contribution in [0, 0.1) is 0 Å². The maximum Gasteiger partial charge on any atom is 0.250 e.